The van der Waals surface area contributed by atoms with Gasteiger partial charge in [-0.1, -0.05) is 78.9 Å². The molecule has 0 saturated heterocycles. The summed E-state index contributed by atoms with van der Waals surface area (Å²) < 4.78 is 5.99. The molecule has 0 aliphatic carbocycles. The van der Waals surface area contributed by atoms with E-state index in [1.807, 2.05) is 60.7 Å². The fourth-order valence-electron chi connectivity index (χ4n) is 2.66. The van der Waals surface area contributed by atoms with Gasteiger partial charge in [0.15, 0.2) is 0 Å². The Hall–Kier alpha value is -3.00. The van der Waals surface area contributed by atoms with Gasteiger partial charge in [-0.25, -0.2) is 0 Å². The van der Waals surface area contributed by atoms with Crippen LogP contribution in [0.3, 0.4) is 0 Å². The largest absolute Gasteiger partial charge is 0.507 e. The smallest absolute Gasteiger partial charge is 0.123 e. The standard InChI is InChI=1S/C23H22O2/c24-22-16-8-6-13-20(22)12-4-5-14-21-15-7-9-17-23(21)25-18-19-10-2-1-3-11-19/h1-4,6-13,15-17,24H,5,14,18H2. The molecule has 3 aromatic carbocycles. The van der Waals surface area contributed by atoms with Crippen molar-refractivity contribution in [1.82, 2.24) is 0 Å². The van der Waals surface area contributed by atoms with Crippen molar-refractivity contribution in [2.45, 2.75) is 19.4 Å². The molecule has 0 bridgehead atoms. The third-order valence-electron chi connectivity index (χ3n) is 4.02. The van der Waals surface area contributed by atoms with Crippen LogP contribution in [-0.4, -0.2) is 5.11 Å². The average molecular weight is 330 g/mol. The van der Waals surface area contributed by atoms with E-state index >= 15 is 0 Å². The van der Waals surface area contributed by atoms with E-state index in [1.54, 1.807) is 6.07 Å². The molecule has 0 aliphatic rings. The third-order valence-corrected chi connectivity index (χ3v) is 4.02. The number of phenols is 1. The van der Waals surface area contributed by atoms with Gasteiger partial charge in [-0.3, -0.25) is 0 Å². The Morgan fingerprint density at radius 1 is 0.800 bits per heavy atom. The quantitative estimate of drug-likeness (QED) is 0.609. The first-order chi connectivity index (χ1) is 12.3. The monoisotopic (exact) mass is 330 g/mol. The number of hydrogen-bond donors (Lipinski definition) is 1. The predicted octanol–water partition coefficient (Wildman–Crippen LogP) is 5.62. The van der Waals surface area contributed by atoms with Crippen molar-refractivity contribution in [3.05, 3.63) is 102 Å². The van der Waals surface area contributed by atoms with Crippen molar-refractivity contribution in [1.29, 1.82) is 0 Å². The van der Waals surface area contributed by atoms with Gasteiger partial charge in [0.05, 0.1) is 0 Å². The Morgan fingerprint density at radius 2 is 1.52 bits per heavy atom. The molecule has 0 fully saturated rings. The van der Waals surface area contributed by atoms with Crippen LogP contribution in [0.25, 0.3) is 6.08 Å². The van der Waals surface area contributed by atoms with E-state index in [1.165, 1.54) is 5.56 Å². The van der Waals surface area contributed by atoms with Crippen molar-refractivity contribution in [3.8, 4) is 11.5 Å². The van der Waals surface area contributed by atoms with Crippen molar-refractivity contribution < 1.29 is 9.84 Å². The summed E-state index contributed by atoms with van der Waals surface area (Å²) in [5.74, 6) is 1.24. The minimum atomic E-state index is 0.311. The van der Waals surface area contributed by atoms with Gasteiger partial charge in [0, 0.05) is 5.56 Å². The van der Waals surface area contributed by atoms with Crippen LogP contribution in [0.4, 0.5) is 0 Å². The maximum Gasteiger partial charge on any atom is 0.123 e. The summed E-state index contributed by atoms with van der Waals surface area (Å²) in [4.78, 5) is 0. The number of aromatic hydroxyl groups is 1. The van der Waals surface area contributed by atoms with Gasteiger partial charge in [-0.05, 0) is 36.1 Å². The lowest BCUT2D eigenvalue weighted by Gasteiger charge is -2.11. The molecule has 3 aromatic rings. The predicted molar refractivity (Wildman–Crippen MR) is 103 cm³/mol. The first kappa shape index (κ1) is 16.8. The lowest BCUT2D eigenvalue weighted by molar-refractivity contribution is 0.303. The van der Waals surface area contributed by atoms with E-state index in [2.05, 4.69) is 24.3 Å². The van der Waals surface area contributed by atoms with Crippen LogP contribution in [0.15, 0.2) is 84.9 Å². The molecule has 2 nitrogen and oxygen atoms in total. The molecule has 0 radical (unpaired) electrons. The number of phenolic OH excluding ortho intramolecular Hbond substituents is 1. The highest BCUT2D eigenvalue weighted by molar-refractivity contribution is 5.56. The van der Waals surface area contributed by atoms with Crippen LogP contribution in [0.1, 0.15) is 23.1 Å². The highest BCUT2D eigenvalue weighted by Crippen LogP contribution is 2.22. The van der Waals surface area contributed by atoms with Crippen LogP contribution in [0, 0.1) is 0 Å². The molecule has 0 heterocycles. The minimum absolute atomic E-state index is 0.311. The molecule has 0 atom stereocenters. The third kappa shape index (κ3) is 4.98. The molecule has 0 spiro atoms. The number of hydrogen-bond acceptors (Lipinski definition) is 2. The minimum Gasteiger partial charge on any atom is -0.507 e. The number of rotatable bonds is 7. The normalized spacial score (nSPS) is 10.9. The first-order valence-corrected chi connectivity index (χ1v) is 8.52. The average Bonchev–Trinajstić information content (AvgIpc) is 2.66. The maximum absolute atomic E-state index is 9.78. The molecule has 3 rings (SSSR count). The highest BCUT2D eigenvalue weighted by Gasteiger charge is 2.03. The fraction of sp³-hybridized carbons (Fsp3) is 0.130. The Labute approximate surface area is 149 Å². The summed E-state index contributed by atoms with van der Waals surface area (Å²) in [6, 6.07) is 25.7. The molecule has 25 heavy (non-hydrogen) atoms. The van der Waals surface area contributed by atoms with Gasteiger partial charge in [0.1, 0.15) is 18.1 Å². The van der Waals surface area contributed by atoms with E-state index in [-0.39, 0.29) is 0 Å². The van der Waals surface area contributed by atoms with Gasteiger partial charge in [0.2, 0.25) is 0 Å². The second-order valence-corrected chi connectivity index (χ2v) is 5.88. The highest BCUT2D eigenvalue weighted by atomic mass is 16.5. The van der Waals surface area contributed by atoms with Crippen LogP contribution in [-0.2, 0) is 13.0 Å². The van der Waals surface area contributed by atoms with Gasteiger partial charge < -0.3 is 9.84 Å². The fourth-order valence-corrected chi connectivity index (χ4v) is 2.66. The summed E-state index contributed by atoms with van der Waals surface area (Å²) in [6.07, 6.45) is 5.83. The number of para-hydroxylation sites is 2. The summed E-state index contributed by atoms with van der Waals surface area (Å²) in [6.45, 7) is 0.575. The first-order valence-electron chi connectivity index (χ1n) is 8.52. The van der Waals surface area contributed by atoms with E-state index in [4.69, 9.17) is 4.74 Å². The number of benzene rings is 3. The second-order valence-electron chi connectivity index (χ2n) is 5.88. The van der Waals surface area contributed by atoms with Crippen LogP contribution < -0.4 is 4.74 Å². The van der Waals surface area contributed by atoms with Crippen molar-refractivity contribution >= 4 is 6.08 Å². The lowest BCUT2D eigenvalue weighted by Crippen LogP contribution is -1.98. The lowest BCUT2D eigenvalue weighted by atomic mass is 10.1. The molecule has 2 heteroatoms. The van der Waals surface area contributed by atoms with Gasteiger partial charge in [0.25, 0.3) is 0 Å². The van der Waals surface area contributed by atoms with E-state index < -0.39 is 0 Å². The maximum atomic E-state index is 9.78. The molecular weight excluding hydrogens is 308 g/mol. The van der Waals surface area contributed by atoms with Crippen molar-refractivity contribution in [3.63, 3.8) is 0 Å². The summed E-state index contributed by atoms with van der Waals surface area (Å²) in [5, 5.41) is 9.78. The number of aryl methyl sites for hydroxylation is 1. The Morgan fingerprint density at radius 3 is 2.36 bits per heavy atom. The molecule has 0 unspecified atom stereocenters. The molecule has 0 aliphatic heterocycles. The number of allylic oxidation sites excluding steroid dienone is 1. The Balaban J connectivity index is 1.58. The SMILES string of the molecule is Oc1ccccc1C=CCCc1ccccc1OCc1ccccc1. The van der Waals surface area contributed by atoms with Gasteiger partial charge >= 0.3 is 0 Å². The number of ether oxygens (including phenoxy) is 1. The van der Waals surface area contributed by atoms with Crippen LogP contribution in [0.2, 0.25) is 0 Å². The molecule has 0 amide bonds. The topological polar surface area (TPSA) is 29.5 Å². The molecule has 126 valence electrons. The van der Waals surface area contributed by atoms with E-state index in [0.717, 1.165) is 29.7 Å². The Kier molecular flexibility index (Phi) is 5.89. The van der Waals surface area contributed by atoms with Crippen LogP contribution in [0.5, 0.6) is 11.5 Å². The molecule has 1 N–H and O–H groups in total. The Bertz CT molecular complexity index is 822. The van der Waals surface area contributed by atoms with Crippen molar-refractivity contribution in [2.24, 2.45) is 0 Å². The zero-order valence-corrected chi connectivity index (χ0v) is 14.1. The van der Waals surface area contributed by atoms with Gasteiger partial charge in [-0.15, -0.1) is 0 Å². The second kappa shape index (κ2) is 8.74. The van der Waals surface area contributed by atoms with Crippen molar-refractivity contribution in [2.75, 3.05) is 0 Å². The van der Waals surface area contributed by atoms with E-state index in [0.29, 0.717) is 12.4 Å². The zero-order chi connectivity index (χ0) is 17.3. The van der Waals surface area contributed by atoms with Gasteiger partial charge in [-0.2, -0.15) is 0 Å². The van der Waals surface area contributed by atoms with Crippen LogP contribution >= 0.6 is 0 Å². The zero-order valence-electron chi connectivity index (χ0n) is 14.1. The molecule has 0 saturated carbocycles. The summed E-state index contributed by atoms with van der Waals surface area (Å²) in [5.41, 5.74) is 3.20. The molecule has 0 aromatic heterocycles. The summed E-state index contributed by atoms with van der Waals surface area (Å²) >= 11 is 0. The summed E-state index contributed by atoms with van der Waals surface area (Å²) in [7, 11) is 0. The molecular formula is C23H22O2. The van der Waals surface area contributed by atoms with E-state index in [9.17, 15) is 5.11 Å².